The van der Waals surface area contributed by atoms with E-state index in [4.69, 9.17) is 0 Å². The molecule has 15 heavy (non-hydrogen) atoms. The van der Waals surface area contributed by atoms with Crippen molar-refractivity contribution in [2.75, 3.05) is 13.3 Å². The summed E-state index contributed by atoms with van der Waals surface area (Å²) < 4.78 is 0. The molecule has 0 radical (unpaired) electrons. The first-order chi connectivity index (χ1) is 7.17. The van der Waals surface area contributed by atoms with Gasteiger partial charge < -0.3 is 5.32 Å². The van der Waals surface area contributed by atoms with E-state index in [0.29, 0.717) is 0 Å². The highest BCUT2D eigenvalue weighted by molar-refractivity contribution is 8.02. The summed E-state index contributed by atoms with van der Waals surface area (Å²) in [6.07, 6.45) is 3.56. The van der Waals surface area contributed by atoms with Gasteiger partial charge in [0, 0.05) is 18.7 Å². The second-order valence-electron chi connectivity index (χ2n) is 3.19. The van der Waals surface area contributed by atoms with Crippen LogP contribution in [0.15, 0.2) is 35.4 Å². The van der Waals surface area contributed by atoms with E-state index in [9.17, 15) is 4.79 Å². The van der Waals surface area contributed by atoms with Crippen molar-refractivity contribution in [3.63, 3.8) is 0 Å². The lowest BCUT2D eigenvalue weighted by atomic mass is 10.1. The van der Waals surface area contributed by atoms with Crippen LogP contribution in [0.5, 0.6) is 0 Å². The minimum Gasteiger partial charge on any atom is -0.383 e. The molecule has 3 heteroatoms. The quantitative estimate of drug-likeness (QED) is 0.626. The number of hydrogen-bond acceptors (Lipinski definition) is 3. The Morgan fingerprint density at radius 3 is 2.40 bits per heavy atom. The minimum atomic E-state index is 0.0358. The third kappa shape index (κ3) is 3.44. The third-order valence-corrected chi connectivity index (χ3v) is 2.83. The van der Waals surface area contributed by atoms with Gasteiger partial charge in [-0.15, -0.1) is 11.8 Å². The minimum absolute atomic E-state index is 0.0358. The van der Waals surface area contributed by atoms with Gasteiger partial charge in [0.2, 0.25) is 0 Å². The molecule has 1 aromatic rings. The Labute approximate surface area is 94.8 Å². The van der Waals surface area contributed by atoms with E-state index in [-0.39, 0.29) is 5.78 Å². The van der Waals surface area contributed by atoms with Gasteiger partial charge in [0.1, 0.15) is 0 Å². The zero-order chi connectivity index (χ0) is 11.3. The van der Waals surface area contributed by atoms with Gasteiger partial charge in [0.05, 0.1) is 5.03 Å². The maximum absolute atomic E-state index is 11.8. The number of carbonyl (C=O) groups is 1. The fraction of sp³-hybridized carbons (Fsp3) is 0.250. The first kappa shape index (κ1) is 11.9. The predicted molar refractivity (Wildman–Crippen MR) is 66.2 cm³/mol. The van der Waals surface area contributed by atoms with Crippen molar-refractivity contribution >= 4 is 17.5 Å². The summed E-state index contributed by atoms with van der Waals surface area (Å²) in [4.78, 5) is 11.8. The van der Waals surface area contributed by atoms with E-state index < -0.39 is 0 Å². The Kier molecular flexibility index (Phi) is 4.43. The zero-order valence-corrected chi connectivity index (χ0v) is 10.0. The number of ketones is 1. The Bertz CT molecular complexity index is 362. The molecule has 0 aromatic heterocycles. The van der Waals surface area contributed by atoms with Crippen molar-refractivity contribution in [2.45, 2.75) is 6.92 Å². The van der Waals surface area contributed by atoms with E-state index in [0.717, 1.165) is 16.2 Å². The molecule has 0 saturated carbocycles. The number of allylic oxidation sites excluding steroid dienone is 1. The number of rotatable bonds is 4. The summed E-state index contributed by atoms with van der Waals surface area (Å²) in [5.41, 5.74) is 1.89. The number of hydrogen-bond donors (Lipinski definition) is 1. The standard InChI is InChI=1S/C12H15NOS/c1-9-4-6-10(7-5-9)11(14)8-12(13-2)15-3/h4-8,13H,1-3H3/b12-8-. The van der Waals surface area contributed by atoms with Crippen LogP contribution in [0.2, 0.25) is 0 Å². The van der Waals surface area contributed by atoms with Crippen LogP contribution >= 0.6 is 11.8 Å². The van der Waals surface area contributed by atoms with Gasteiger partial charge in [-0.1, -0.05) is 29.8 Å². The number of nitrogens with one attached hydrogen (secondary N) is 1. The topological polar surface area (TPSA) is 29.1 Å². The molecule has 1 N–H and O–H groups in total. The molecule has 1 rings (SSSR count). The molecule has 0 unspecified atom stereocenters. The van der Waals surface area contributed by atoms with Crippen molar-refractivity contribution in [2.24, 2.45) is 0 Å². The van der Waals surface area contributed by atoms with Gasteiger partial charge in [-0.05, 0) is 13.2 Å². The van der Waals surface area contributed by atoms with Crippen LogP contribution in [0.3, 0.4) is 0 Å². The maximum Gasteiger partial charge on any atom is 0.188 e. The second-order valence-corrected chi connectivity index (χ2v) is 4.04. The monoisotopic (exact) mass is 221 g/mol. The van der Waals surface area contributed by atoms with Crippen LogP contribution in [-0.2, 0) is 0 Å². The average molecular weight is 221 g/mol. The lowest BCUT2D eigenvalue weighted by molar-refractivity contribution is 0.104. The van der Waals surface area contributed by atoms with E-state index in [1.807, 2.05) is 44.5 Å². The van der Waals surface area contributed by atoms with Crippen LogP contribution in [-0.4, -0.2) is 19.1 Å². The van der Waals surface area contributed by atoms with E-state index in [1.165, 1.54) is 11.8 Å². The first-order valence-corrected chi connectivity index (χ1v) is 5.94. The summed E-state index contributed by atoms with van der Waals surface area (Å²) in [7, 11) is 1.81. The molecule has 2 nitrogen and oxygen atoms in total. The van der Waals surface area contributed by atoms with Gasteiger partial charge in [0.25, 0.3) is 0 Å². The number of benzene rings is 1. The second kappa shape index (κ2) is 5.61. The van der Waals surface area contributed by atoms with E-state index in [2.05, 4.69) is 5.32 Å². The Balaban J connectivity index is 2.85. The zero-order valence-electron chi connectivity index (χ0n) is 9.20. The summed E-state index contributed by atoms with van der Waals surface area (Å²) in [6.45, 7) is 2.00. The molecular formula is C12H15NOS. The highest BCUT2D eigenvalue weighted by atomic mass is 32.2. The third-order valence-electron chi connectivity index (χ3n) is 2.06. The molecule has 80 valence electrons. The molecule has 0 aliphatic heterocycles. The van der Waals surface area contributed by atoms with Gasteiger partial charge >= 0.3 is 0 Å². The fourth-order valence-electron chi connectivity index (χ4n) is 1.15. The van der Waals surface area contributed by atoms with Gasteiger partial charge in [0.15, 0.2) is 5.78 Å². The number of thioether (sulfide) groups is 1. The molecule has 0 atom stereocenters. The van der Waals surface area contributed by atoms with E-state index in [1.54, 1.807) is 6.08 Å². The predicted octanol–water partition coefficient (Wildman–Crippen LogP) is 2.60. The van der Waals surface area contributed by atoms with Crippen LogP contribution in [0, 0.1) is 6.92 Å². The number of aryl methyl sites for hydroxylation is 1. The van der Waals surface area contributed by atoms with Gasteiger partial charge in [-0.2, -0.15) is 0 Å². The summed E-state index contributed by atoms with van der Waals surface area (Å²) in [5.74, 6) is 0.0358. The Hall–Kier alpha value is -1.22. The van der Waals surface area contributed by atoms with Crippen molar-refractivity contribution < 1.29 is 4.79 Å². The van der Waals surface area contributed by atoms with E-state index >= 15 is 0 Å². The molecule has 0 amide bonds. The highest BCUT2D eigenvalue weighted by Crippen LogP contribution is 2.10. The molecule has 0 heterocycles. The van der Waals surface area contributed by atoms with Gasteiger partial charge in [-0.25, -0.2) is 0 Å². The molecule has 1 aromatic carbocycles. The van der Waals surface area contributed by atoms with Crippen molar-refractivity contribution in [3.8, 4) is 0 Å². The van der Waals surface area contributed by atoms with Gasteiger partial charge in [-0.3, -0.25) is 4.79 Å². The van der Waals surface area contributed by atoms with Crippen LogP contribution in [0.25, 0.3) is 0 Å². The van der Waals surface area contributed by atoms with Crippen LogP contribution < -0.4 is 5.32 Å². The van der Waals surface area contributed by atoms with Crippen molar-refractivity contribution in [1.29, 1.82) is 0 Å². The van der Waals surface area contributed by atoms with Crippen LogP contribution in [0.1, 0.15) is 15.9 Å². The molecule has 0 bridgehead atoms. The van der Waals surface area contributed by atoms with Crippen molar-refractivity contribution in [3.05, 3.63) is 46.5 Å². The lowest BCUT2D eigenvalue weighted by Crippen LogP contribution is -2.05. The fourth-order valence-corrected chi connectivity index (χ4v) is 1.58. The molecule has 0 spiro atoms. The molecular weight excluding hydrogens is 206 g/mol. The SMILES string of the molecule is CN/C(=C/C(=O)c1ccc(C)cc1)SC. The summed E-state index contributed by atoms with van der Waals surface area (Å²) in [5, 5.41) is 3.84. The molecule has 0 saturated heterocycles. The Morgan fingerprint density at radius 2 is 1.93 bits per heavy atom. The maximum atomic E-state index is 11.8. The first-order valence-electron chi connectivity index (χ1n) is 4.72. The molecule has 0 fully saturated rings. The normalized spacial score (nSPS) is 11.3. The Morgan fingerprint density at radius 1 is 1.33 bits per heavy atom. The molecule has 0 aliphatic carbocycles. The average Bonchev–Trinajstić information content (AvgIpc) is 2.26. The lowest BCUT2D eigenvalue weighted by Gasteiger charge is -2.02. The smallest absolute Gasteiger partial charge is 0.188 e. The van der Waals surface area contributed by atoms with Crippen molar-refractivity contribution in [1.82, 2.24) is 5.32 Å². The summed E-state index contributed by atoms with van der Waals surface area (Å²) >= 11 is 1.53. The highest BCUT2D eigenvalue weighted by Gasteiger charge is 2.03. The summed E-state index contributed by atoms with van der Waals surface area (Å²) in [6, 6.07) is 7.59. The number of carbonyl (C=O) groups excluding carboxylic acids is 1. The largest absolute Gasteiger partial charge is 0.383 e. The van der Waals surface area contributed by atoms with Crippen LogP contribution in [0.4, 0.5) is 0 Å². The molecule has 0 aliphatic rings.